The van der Waals surface area contributed by atoms with Gasteiger partial charge in [-0.2, -0.15) is 4.57 Å². The van der Waals surface area contributed by atoms with E-state index in [-0.39, 0.29) is 17.4 Å². The highest BCUT2D eigenvalue weighted by atomic mass is 35.7. The Morgan fingerprint density at radius 2 is 1.57 bits per heavy atom. The van der Waals surface area contributed by atoms with Crippen molar-refractivity contribution >= 4 is 11.3 Å². The zero-order valence-electron chi connectivity index (χ0n) is 16.2. The van der Waals surface area contributed by atoms with Gasteiger partial charge in [0.15, 0.2) is 18.0 Å². The van der Waals surface area contributed by atoms with Gasteiger partial charge in [0, 0.05) is 18.8 Å². The third kappa shape index (κ3) is 3.38. The smallest absolute Gasteiger partial charge is 0.250 e. The molecule has 7 nitrogen and oxygen atoms in total. The molecule has 2 bridgehead atoms. The second kappa shape index (κ2) is 7.62. The highest BCUT2D eigenvalue weighted by Crippen LogP contribution is 2.62. The molecule has 9 heteroatoms. The summed E-state index contributed by atoms with van der Waals surface area (Å²) in [6.45, 7) is 10.0. The summed E-state index contributed by atoms with van der Waals surface area (Å²) in [5, 5.41) is 3.53. The lowest BCUT2D eigenvalue weighted by atomic mass is 9.58. The van der Waals surface area contributed by atoms with Crippen LogP contribution in [0, 0.1) is 15.7 Å². The average molecular weight is 430 g/mol. The molecule has 1 aromatic heterocycles. The van der Waals surface area contributed by atoms with E-state index in [4.69, 9.17) is 28.1 Å². The molecule has 0 spiro atoms. The fourth-order valence-corrected chi connectivity index (χ4v) is 5.75. The highest BCUT2D eigenvalue weighted by Gasteiger charge is 2.71. The number of rotatable bonds is 4. The Kier molecular flexibility index (Phi) is 5.88. The van der Waals surface area contributed by atoms with E-state index in [2.05, 4.69) is 68.1 Å². The lowest BCUT2D eigenvalue weighted by molar-refractivity contribution is -2.00. The number of halogens is 1. The minimum absolute atomic E-state index is 0.124. The molecule has 1 aliphatic carbocycles. The quantitative estimate of drug-likeness (QED) is 0.460. The SMILES string of the molecule is CCOC1(OCC)C2c3ccccc3C([n+]3ccsc32)C1(C)C.[O-][Cl+3]([O-])([O-])[O-]. The summed E-state index contributed by atoms with van der Waals surface area (Å²) in [5.41, 5.74) is 2.62. The van der Waals surface area contributed by atoms with Crippen molar-refractivity contribution in [3.05, 3.63) is 52.0 Å². The molecule has 0 saturated carbocycles. The second-order valence-corrected chi connectivity index (χ2v) is 8.93. The standard InChI is InChI=1S/C19H24NO2S.ClHO4/c1-5-21-19(22-6-2)15-13-9-7-8-10-14(13)16(18(19,3)4)20-11-12-23-17(15)20;2-1(3,4)5/h7-12,15-16H,5-6H2,1-4H3;(H,2,3,4,5)/q+1;/p-1. The number of benzene rings is 1. The normalized spacial score (nSPS) is 23.4. The zero-order valence-corrected chi connectivity index (χ0v) is 17.8. The van der Waals surface area contributed by atoms with Crippen LogP contribution in [0.5, 0.6) is 0 Å². The summed E-state index contributed by atoms with van der Waals surface area (Å²) >= 11 is 1.81. The van der Waals surface area contributed by atoms with Crippen LogP contribution in [0.4, 0.5) is 0 Å². The van der Waals surface area contributed by atoms with Gasteiger partial charge in [0.25, 0.3) is 5.01 Å². The van der Waals surface area contributed by atoms with Gasteiger partial charge < -0.3 is 9.47 Å². The van der Waals surface area contributed by atoms with Crippen LogP contribution in [0.2, 0.25) is 0 Å². The molecule has 0 radical (unpaired) electrons. The van der Waals surface area contributed by atoms with E-state index in [9.17, 15) is 0 Å². The van der Waals surface area contributed by atoms with E-state index in [0.717, 1.165) is 0 Å². The van der Waals surface area contributed by atoms with E-state index in [0.29, 0.717) is 13.2 Å². The summed E-state index contributed by atoms with van der Waals surface area (Å²) in [4.78, 5) is 0. The van der Waals surface area contributed by atoms with Gasteiger partial charge >= 0.3 is 0 Å². The van der Waals surface area contributed by atoms with Crippen molar-refractivity contribution in [2.75, 3.05) is 13.2 Å². The first kappa shape index (κ1) is 21.6. The van der Waals surface area contributed by atoms with Crippen LogP contribution >= 0.6 is 11.3 Å². The molecular weight excluding hydrogens is 406 g/mol. The van der Waals surface area contributed by atoms with Crippen molar-refractivity contribution in [1.29, 1.82) is 0 Å². The Morgan fingerprint density at radius 1 is 1.04 bits per heavy atom. The zero-order chi connectivity index (χ0) is 20.7. The van der Waals surface area contributed by atoms with Crippen LogP contribution < -0.4 is 23.2 Å². The van der Waals surface area contributed by atoms with E-state index in [1.807, 2.05) is 11.3 Å². The molecule has 2 unspecified atom stereocenters. The molecule has 154 valence electrons. The molecule has 0 N–H and O–H groups in total. The predicted octanol–water partition coefficient (Wildman–Crippen LogP) is -0.877. The maximum absolute atomic E-state index is 8.49. The average Bonchev–Trinajstić information content (AvgIpc) is 3.05. The first-order chi connectivity index (χ1) is 13.1. The van der Waals surface area contributed by atoms with Gasteiger partial charge in [-0.1, -0.05) is 35.6 Å². The van der Waals surface area contributed by atoms with E-state index in [1.54, 1.807) is 0 Å². The predicted molar refractivity (Wildman–Crippen MR) is 90.7 cm³/mol. The molecule has 0 fully saturated rings. The minimum atomic E-state index is -4.94. The fraction of sp³-hybridized carbons (Fsp3) is 0.526. The van der Waals surface area contributed by atoms with Crippen molar-refractivity contribution in [2.45, 2.75) is 45.4 Å². The molecular formula is C19H24ClNO6S. The van der Waals surface area contributed by atoms with Crippen LogP contribution in [0.3, 0.4) is 0 Å². The number of nitrogens with zero attached hydrogens (tertiary/aromatic N) is 1. The van der Waals surface area contributed by atoms with E-state index >= 15 is 0 Å². The monoisotopic (exact) mass is 429 g/mol. The molecule has 28 heavy (non-hydrogen) atoms. The van der Waals surface area contributed by atoms with Gasteiger partial charge in [-0.3, -0.25) is 0 Å². The van der Waals surface area contributed by atoms with Crippen LogP contribution in [-0.4, -0.2) is 19.0 Å². The van der Waals surface area contributed by atoms with Crippen molar-refractivity contribution in [2.24, 2.45) is 5.41 Å². The van der Waals surface area contributed by atoms with E-state index in [1.165, 1.54) is 16.1 Å². The number of hydrogen-bond acceptors (Lipinski definition) is 7. The van der Waals surface area contributed by atoms with Crippen molar-refractivity contribution < 1.29 is 42.9 Å². The lowest BCUT2D eigenvalue weighted by Crippen LogP contribution is -2.71. The first-order valence-electron chi connectivity index (χ1n) is 9.05. The van der Waals surface area contributed by atoms with Crippen molar-refractivity contribution in [1.82, 2.24) is 0 Å². The molecule has 0 amide bonds. The number of ether oxygens (including phenoxy) is 2. The Balaban J connectivity index is 0.000000403. The molecule has 2 atom stereocenters. The van der Waals surface area contributed by atoms with Gasteiger partial charge in [-0.25, -0.2) is 18.6 Å². The van der Waals surface area contributed by atoms with Crippen LogP contribution in [-0.2, 0) is 9.47 Å². The molecule has 3 heterocycles. The third-order valence-electron chi connectivity index (χ3n) is 5.47. The van der Waals surface area contributed by atoms with Gasteiger partial charge in [0.1, 0.15) is 5.92 Å². The van der Waals surface area contributed by atoms with Gasteiger partial charge in [0.05, 0.1) is 10.8 Å². The van der Waals surface area contributed by atoms with Crippen LogP contribution in [0.1, 0.15) is 55.8 Å². The third-order valence-corrected chi connectivity index (χ3v) is 6.42. The number of hydrogen-bond donors (Lipinski definition) is 0. The summed E-state index contributed by atoms with van der Waals surface area (Å²) < 4.78 is 49.2. The molecule has 3 aliphatic rings. The fourth-order valence-electron chi connectivity index (χ4n) is 4.71. The van der Waals surface area contributed by atoms with Gasteiger partial charge in [-0.05, 0) is 33.3 Å². The number of fused-ring (bicyclic) bond motifs is 1. The Morgan fingerprint density at radius 3 is 2.11 bits per heavy atom. The van der Waals surface area contributed by atoms with Crippen molar-refractivity contribution in [3.63, 3.8) is 0 Å². The molecule has 5 rings (SSSR count). The Labute approximate surface area is 170 Å². The molecule has 0 saturated heterocycles. The lowest BCUT2D eigenvalue weighted by Gasteiger charge is -2.56. The highest BCUT2D eigenvalue weighted by molar-refractivity contribution is 7.09. The number of thiazole rings is 1. The van der Waals surface area contributed by atoms with E-state index < -0.39 is 16.0 Å². The van der Waals surface area contributed by atoms with Gasteiger partial charge in [0.2, 0.25) is 0 Å². The summed E-state index contributed by atoms with van der Waals surface area (Å²) in [6, 6.07) is 9.03. The minimum Gasteiger partial charge on any atom is -0.348 e. The number of aromatic nitrogens is 1. The second-order valence-electron chi connectivity index (χ2n) is 7.25. The maximum Gasteiger partial charge on any atom is 0.250 e. The Bertz CT molecular complexity index is 822. The van der Waals surface area contributed by atoms with Gasteiger partial charge in [-0.15, -0.1) is 10.2 Å². The topological polar surface area (TPSA) is 115 Å². The summed E-state index contributed by atoms with van der Waals surface area (Å²) in [7, 11) is -4.94. The molecule has 2 aromatic rings. The van der Waals surface area contributed by atoms with Crippen LogP contribution in [0.25, 0.3) is 0 Å². The van der Waals surface area contributed by atoms with Crippen molar-refractivity contribution in [3.8, 4) is 0 Å². The maximum atomic E-state index is 8.49. The first-order valence-corrected chi connectivity index (χ1v) is 11.2. The summed E-state index contributed by atoms with van der Waals surface area (Å²) in [6.07, 6.45) is 2.22. The van der Waals surface area contributed by atoms with Crippen LogP contribution in [0.15, 0.2) is 35.8 Å². The molecule has 1 aromatic carbocycles. The molecule has 2 aliphatic heterocycles. The Hall–Kier alpha value is -1.10. The summed E-state index contributed by atoms with van der Waals surface area (Å²) in [5.74, 6) is -0.487. The largest absolute Gasteiger partial charge is 0.348 e.